The molecule has 1 aliphatic rings. The topological polar surface area (TPSA) is 47.4 Å². The minimum absolute atomic E-state index is 0.0405. The molecule has 0 saturated carbocycles. The Bertz CT molecular complexity index is 364. The van der Waals surface area contributed by atoms with Crippen LogP contribution in [-0.4, -0.2) is 46.9 Å². The molecule has 1 saturated heterocycles. The number of hydrogen-bond acceptors (Lipinski definition) is 4. The van der Waals surface area contributed by atoms with E-state index >= 15 is 0 Å². The fraction of sp³-hybridized carbons (Fsp3) is 0.692. The lowest BCUT2D eigenvalue weighted by Gasteiger charge is -2.31. The summed E-state index contributed by atoms with van der Waals surface area (Å²) < 4.78 is 7.02. The highest BCUT2D eigenvalue weighted by molar-refractivity contribution is 5.72. The van der Waals surface area contributed by atoms with Gasteiger partial charge in [0.2, 0.25) is 0 Å². The van der Waals surface area contributed by atoms with Gasteiger partial charge in [0.1, 0.15) is 0 Å². The SMILES string of the molecule is CCOC(=O)[C@H]1CCCN(CCn2cccn2)C1. The molecule has 1 fully saturated rings. The summed E-state index contributed by atoms with van der Waals surface area (Å²) in [5, 5.41) is 4.18. The molecule has 100 valence electrons. The van der Waals surface area contributed by atoms with Crippen molar-refractivity contribution in [1.29, 1.82) is 0 Å². The van der Waals surface area contributed by atoms with Gasteiger partial charge in [0, 0.05) is 25.5 Å². The molecule has 0 spiro atoms. The van der Waals surface area contributed by atoms with Crippen molar-refractivity contribution >= 4 is 5.97 Å². The molecule has 1 aliphatic heterocycles. The maximum atomic E-state index is 11.7. The van der Waals surface area contributed by atoms with Crippen molar-refractivity contribution in [1.82, 2.24) is 14.7 Å². The van der Waals surface area contributed by atoms with Gasteiger partial charge >= 0.3 is 5.97 Å². The first-order valence-electron chi connectivity index (χ1n) is 6.66. The van der Waals surface area contributed by atoms with Crippen LogP contribution in [0.15, 0.2) is 18.5 Å². The maximum Gasteiger partial charge on any atom is 0.310 e. The van der Waals surface area contributed by atoms with Gasteiger partial charge in [0.05, 0.1) is 19.1 Å². The van der Waals surface area contributed by atoms with E-state index in [1.54, 1.807) is 6.20 Å². The fourth-order valence-electron chi connectivity index (χ4n) is 2.39. The van der Waals surface area contributed by atoms with Crippen LogP contribution in [0, 0.1) is 5.92 Å². The predicted molar refractivity (Wildman–Crippen MR) is 68.0 cm³/mol. The summed E-state index contributed by atoms with van der Waals surface area (Å²) in [6, 6.07) is 1.93. The number of aromatic nitrogens is 2. The number of rotatable bonds is 5. The van der Waals surface area contributed by atoms with Crippen molar-refractivity contribution in [3.63, 3.8) is 0 Å². The van der Waals surface area contributed by atoms with E-state index in [1.165, 1.54) is 0 Å². The monoisotopic (exact) mass is 251 g/mol. The summed E-state index contributed by atoms with van der Waals surface area (Å²) >= 11 is 0. The van der Waals surface area contributed by atoms with E-state index in [-0.39, 0.29) is 11.9 Å². The van der Waals surface area contributed by atoms with Crippen LogP contribution in [0.3, 0.4) is 0 Å². The number of piperidine rings is 1. The van der Waals surface area contributed by atoms with Crippen LogP contribution in [0.4, 0.5) is 0 Å². The van der Waals surface area contributed by atoms with Gasteiger partial charge in [-0.25, -0.2) is 0 Å². The highest BCUT2D eigenvalue weighted by Crippen LogP contribution is 2.17. The van der Waals surface area contributed by atoms with Gasteiger partial charge in [-0.15, -0.1) is 0 Å². The molecule has 0 aliphatic carbocycles. The molecule has 0 bridgehead atoms. The Kier molecular flexibility index (Phi) is 4.75. The number of nitrogens with zero attached hydrogens (tertiary/aromatic N) is 3. The van der Waals surface area contributed by atoms with Crippen LogP contribution in [0.25, 0.3) is 0 Å². The summed E-state index contributed by atoms with van der Waals surface area (Å²) in [6.45, 7) is 6.04. The van der Waals surface area contributed by atoms with Crippen molar-refractivity contribution in [3.05, 3.63) is 18.5 Å². The van der Waals surface area contributed by atoms with Crippen molar-refractivity contribution in [2.24, 2.45) is 5.92 Å². The third-order valence-electron chi connectivity index (χ3n) is 3.33. The average Bonchev–Trinajstić information content (AvgIpc) is 2.90. The van der Waals surface area contributed by atoms with Crippen LogP contribution in [0.5, 0.6) is 0 Å². The number of carbonyl (C=O) groups excluding carboxylic acids is 1. The molecule has 0 amide bonds. The van der Waals surface area contributed by atoms with E-state index in [4.69, 9.17) is 4.74 Å². The van der Waals surface area contributed by atoms with Gasteiger partial charge in [-0.05, 0) is 32.4 Å². The van der Waals surface area contributed by atoms with E-state index in [0.717, 1.165) is 39.0 Å². The number of likely N-dealkylation sites (tertiary alicyclic amines) is 1. The third kappa shape index (κ3) is 3.57. The minimum atomic E-state index is -0.0405. The zero-order valence-electron chi connectivity index (χ0n) is 10.9. The van der Waals surface area contributed by atoms with Crippen molar-refractivity contribution < 1.29 is 9.53 Å². The Labute approximate surface area is 108 Å². The molecule has 0 N–H and O–H groups in total. The van der Waals surface area contributed by atoms with Crippen LogP contribution in [0.2, 0.25) is 0 Å². The second kappa shape index (κ2) is 6.54. The molecule has 0 unspecified atom stereocenters. The summed E-state index contributed by atoms with van der Waals surface area (Å²) in [6.07, 6.45) is 5.78. The lowest BCUT2D eigenvalue weighted by molar-refractivity contribution is -0.149. The quantitative estimate of drug-likeness (QED) is 0.737. The molecule has 1 atom stereocenters. The zero-order valence-corrected chi connectivity index (χ0v) is 10.9. The Morgan fingerprint density at radius 3 is 3.11 bits per heavy atom. The van der Waals surface area contributed by atoms with E-state index in [1.807, 2.05) is 23.9 Å². The highest BCUT2D eigenvalue weighted by atomic mass is 16.5. The first kappa shape index (κ1) is 13.1. The van der Waals surface area contributed by atoms with Crippen molar-refractivity contribution in [2.75, 3.05) is 26.2 Å². The van der Waals surface area contributed by atoms with Crippen LogP contribution < -0.4 is 0 Å². The van der Waals surface area contributed by atoms with Gasteiger partial charge < -0.3 is 9.64 Å². The fourth-order valence-corrected chi connectivity index (χ4v) is 2.39. The van der Waals surface area contributed by atoms with Gasteiger partial charge in [-0.1, -0.05) is 0 Å². The molecular formula is C13H21N3O2. The van der Waals surface area contributed by atoms with Crippen LogP contribution in [0.1, 0.15) is 19.8 Å². The van der Waals surface area contributed by atoms with E-state index in [2.05, 4.69) is 10.00 Å². The highest BCUT2D eigenvalue weighted by Gasteiger charge is 2.26. The first-order chi connectivity index (χ1) is 8.79. The lowest BCUT2D eigenvalue weighted by Crippen LogP contribution is -2.40. The smallest absolute Gasteiger partial charge is 0.310 e. The minimum Gasteiger partial charge on any atom is -0.466 e. The van der Waals surface area contributed by atoms with Gasteiger partial charge in [-0.2, -0.15) is 5.10 Å². The molecule has 18 heavy (non-hydrogen) atoms. The molecule has 1 aromatic rings. The Morgan fingerprint density at radius 1 is 1.50 bits per heavy atom. The molecule has 5 nitrogen and oxygen atoms in total. The van der Waals surface area contributed by atoms with Crippen molar-refractivity contribution in [2.45, 2.75) is 26.3 Å². The number of hydrogen-bond donors (Lipinski definition) is 0. The molecule has 0 aromatic carbocycles. The second-order valence-electron chi connectivity index (χ2n) is 4.66. The normalized spacial score (nSPS) is 20.8. The van der Waals surface area contributed by atoms with Gasteiger partial charge in [0.15, 0.2) is 0 Å². The second-order valence-corrected chi connectivity index (χ2v) is 4.66. The summed E-state index contributed by atoms with van der Waals surface area (Å²) in [5.74, 6) is 0.0117. The Morgan fingerprint density at radius 2 is 2.39 bits per heavy atom. The number of carbonyl (C=O) groups is 1. The molecule has 5 heteroatoms. The summed E-state index contributed by atoms with van der Waals surface area (Å²) in [5.41, 5.74) is 0. The molecule has 2 heterocycles. The first-order valence-corrected chi connectivity index (χ1v) is 6.66. The average molecular weight is 251 g/mol. The zero-order chi connectivity index (χ0) is 12.8. The predicted octanol–water partition coefficient (Wildman–Crippen LogP) is 1.16. The number of ether oxygens (including phenoxy) is 1. The van der Waals surface area contributed by atoms with E-state index < -0.39 is 0 Å². The molecular weight excluding hydrogens is 230 g/mol. The van der Waals surface area contributed by atoms with Crippen LogP contribution in [-0.2, 0) is 16.1 Å². The summed E-state index contributed by atoms with van der Waals surface area (Å²) in [7, 11) is 0. The largest absolute Gasteiger partial charge is 0.466 e. The Balaban J connectivity index is 1.77. The number of esters is 1. The van der Waals surface area contributed by atoms with E-state index in [0.29, 0.717) is 6.61 Å². The van der Waals surface area contributed by atoms with Gasteiger partial charge in [-0.3, -0.25) is 9.48 Å². The standard InChI is InChI=1S/C13H21N3O2/c1-2-18-13(17)12-5-3-7-15(11-12)9-10-16-8-4-6-14-16/h4,6,8,12H,2-3,5,7,9-11H2,1H3/t12-/m0/s1. The summed E-state index contributed by atoms with van der Waals surface area (Å²) in [4.78, 5) is 14.0. The third-order valence-corrected chi connectivity index (χ3v) is 3.33. The van der Waals surface area contributed by atoms with E-state index in [9.17, 15) is 4.79 Å². The molecule has 0 radical (unpaired) electrons. The lowest BCUT2D eigenvalue weighted by atomic mass is 9.98. The Hall–Kier alpha value is -1.36. The molecule has 2 rings (SSSR count). The van der Waals surface area contributed by atoms with Crippen LogP contribution >= 0.6 is 0 Å². The maximum absolute atomic E-state index is 11.7. The van der Waals surface area contributed by atoms with Crippen molar-refractivity contribution in [3.8, 4) is 0 Å². The molecule has 1 aromatic heterocycles. The van der Waals surface area contributed by atoms with Gasteiger partial charge in [0.25, 0.3) is 0 Å².